The summed E-state index contributed by atoms with van der Waals surface area (Å²) in [7, 11) is -1.50. The highest BCUT2D eigenvalue weighted by molar-refractivity contribution is 7.91. The van der Waals surface area contributed by atoms with E-state index in [1.807, 2.05) is 36.4 Å². The number of benzene rings is 2. The SMILES string of the molecule is COc1ccc(C=CC(=O)N(Cc2ccc(Cl)cc2)C2CCS(=O)(=O)C2)cc1. The minimum atomic E-state index is -3.10. The highest BCUT2D eigenvalue weighted by Gasteiger charge is 2.34. The van der Waals surface area contributed by atoms with Crippen LogP contribution in [0.4, 0.5) is 0 Å². The van der Waals surface area contributed by atoms with Gasteiger partial charge in [-0.3, -0.25) is 4.79 Å². The van der Waals surface area contributed by atoms with Crippen molar-refractivity contribution in [1.29, 1.82) is 0 Å². The van der Waals surface area contributed by atoms with Crippen LogP contribution in [0.25, 0.3) is 6.08 Å². The van der Waals surface area contributed by atoms with E-state index < -0.39 is 9.84 Å². The molecule has 0 saturated carbocycles. The molecule has 28 heavy (non-hydrogen) atoms. The number of amides is 1. The van der Waals surface area contributed by atoms with Crippen molar-refractivity contribution in [2.45, 2.75) is 19.0 Å². The molecule has 0 spiro atoms. The molecule has 2 aromatic rings. The Morgan fingerprint density at radius 1 is 1.18 bits per heavy atom. The quantitative estimate of drug-likeness (QED) is 0.671. The number of nitrogens with zero attached hydrogens (tertiary/aromatic N) is 1. The van der Waals surface area contributed by atoms with E-state index in [4.69, 9.17) is 16.3 Å². The molecule has 0 radical (unpaired) electrons. The van der Waals surface area contributed by atoms with Gasteiger partial charge in [0.1, 0.15) is 5.75 Å². The number of hydrogen-bond acceptors (Lipinski definition) is 4. The lowest BCUT2D eigenvalue weighted by molar-refractivity contribution is -0.128. The fourth-order valence-corrected chi connectivity index (χ4v) is 5.03. The van der Waals surface area contributed by atoms with Gasteiger partial charge < -0.3 is 9.64 Å². The third kappa shape index (κ3) is 5.36. The molecule has 0 bridgehead atoms. The number of halogens is 1. The van der Waals surface area contributed by atoms with Crippen molar-refractivity contribution in [2.24, 2.45) is 0 Å². The molecule has 2 aromatic carbocycles. The Labute approximate surface area is 170 Å². The minimum absolute atomic E-state index is 0.00268. The van der Waals surface area contributed by atoms with Crippen LogP contribution in [-0.2, 0) is 21.2 Å². The zero-order valence-electron chi connectivity index (χ0n) is 15.5. The first-order valence-corrected chi connectivity index (χ1v) is 11.1. The summed E-state index contributed by atoms with van der Waals surface area (Å²) in [5.41, 5.74) is 1.76. The number of methoxy groups -OCH3 is 1. The van der Waals surface area contributed by atoms with Crippen molar-refractivity contribution < 1.29 is 17.9 Å². The standard InChI is InChI=1S/C21H22ClNO4S/c1-27-20-9-4-16(5-10-20)6-11-21(24)23(19-12-13-28(25,26)15-19)14-17-2-7-18(22)8-3-17/h2-11,19H,12-15H2,1H3. The molecule has 1 amide bonds. The van der Waals surface area contributed by atoms with Crippen molar-refractivity contribution in [1.82, 2.24) is 4.90 Å². The molecule has 1 fully saturated rings. The first-order valence-electron chi connectivity index (χ1n) is 8.94. The van der Waals surface area contributed by atoms with Crippen LogP contribution >= 0.6 is 11.6 Å². The zero-order chi connectivity index (χ0) is 20.1. The third-order valence-corrected chi connectivity index (χ3v) is 6.73. The van der Waals surface area contributed by atoms with Crippen LogP contribution in [0.15, 0.2) is 54.6 Å². The number of ether oxygens (including phenoxy) is 1. The van der Waals surface area contributed by atoms with E-state index in [2.05, 4.69) is 0 Å². The lowest BCUT2D eigenvalue weighted by atomic mass is 10.1. The zero-order valence-corrected chi connectivity index (χ0v) is 17.1. The summed E-state index contributed by atoms with van der Waals surface area (Å²) in [5.74, 6) is 0.643. The summed E-state index contributed by atoms with van der Waals surface area (Å²) in [5, 5.41) is 0.615. The Morgan fingerprint density at radius 2 is 1.86 bits per heavy atom. The summed E-state index contributed by atoms with van der Waals surface area (Å²) < 4.78 is 29.0. The summed E-state index contributed by atoms with van der Waals surface area (Å²) >= 11 is 5.93. The lowest BCUT2D eigenvalue weighted by Crippen LogP contribution is -2.39. The van der Waals surface area contributed by atoms with Crippen molar-refractivity contribution in [3.8, 4) is 5.75 Å². The molecule has 5 nitrogen and oxygen atoms in total. The summed E-state index contributed by atoms with van der Waals surface area (Å²) in [6.07, 6.45) is 3.67. The molecule has 7 heteroatoms. The maximum absolute atomic E-state index is 12.9. The summed E-state index contributed by atoms with van der Waals surface area (Å²) in [4.78, 5) is 14.5. The molecular weight excluding hydrogens is 398 g/mol. The van der Waals surface area contributed by atoms with Gasteiger partial charge in [0.25, 0.3) is 0 Å². The van der Waals surface area contributed by atoms with Crippen LogP contribution in [0.1, 0.15) is 17.5 Å². The molecule has 0 aromatic heterocycles. The fraction of sp³-hybridized carbons (Fsp3) is 0.286. The molecule has 0 N–H and O–H groups in total. The van der Waals surface area contributed by atoms with Gasteiger partial charge in [-0.2, -0.15) is 0 Å². The van der Waals surface area contributed by atoms with Crippen molar-refractivity contribution in [3.63, 3.8) is 0 Å². The molecule has 0 aliphatic carbocycles. The highest BCUT2D eigenvalue weighted by Crippen LogP contribution is 2.22. The van der Waals surface area contributed by atoms with Gasteiger partial charge in [-0.05, 0) is 47.9 Å². The van der Waals surface area contributed by atoms with Crippen molar-refractivity contribution in [3.05, 3.63) is 70.8 Å². The van der Waals surface area contributed by atoms with E-state index in [0.29, 0.717) is 18.0 Å². The van der Waals surface area contributed by atoms with E-state index in [0.717, 1.165) is 16.9 Å². The van der Waals surface area contributed by atoms with E-state index >= 15 is 0 Å². The van der Waals surface area contributed by atoms with Gasteiger partial charge in [-0.15, -0.1) is 0 Å². The molecule has 1 unspecified atom stereocenters. The third-order valence-electron chi connectivity index (χ3n) is 4.73. The van der Waals surface area contributed by atoms with Crippen LogP contribution in [0.2, 0.25) is 5.02 Å². The molecule has 1 saturated heterocycles. The van der Waals surface area contributed by atoms with Crippen LogP contribution in [0.3, 0.4) is 0 Å². The van der Waals surface area contributed by atoms with Crippen LogP contribution in [0.5, 0.6) is 5.75 Å². The van der Waals surface area contributed by atoms with Crippen LogP contribution in [-0.4, -0.2) is 43.9 Å². The van der Waals surface area contributed by atoms with E-state index in [1.54, 1.807) is 30.2 Å². The van der Waals surface area contributed by atoms with Gasteiger partial charge in [-0.25, -0.2) is 8.42 Å². The second kappa shape index (κ2) is 8.80. The first kappa shape index (κ1) is 20.4. The Kier molecular flexibility index (Phi) is 6.42. The topological polar surface area (TPSA) is 63.7 Å². The van der Waals surface area contributed by atoms with E-state index in [9.17, 15) is 13.2 Å². The number of rotatable bonds is 6. The second-order valence-electron chi connectivity index (χ2n) is 6.76. The maximum Gasteiger partial charge on any atom is 0.247 e. The van der Waals surface area contributed by atoms with Gasteiger partial charge in [-0.1, -0.05) is 35.9 Å². The summed E-state index contributed by atoms with van der Waals surface area (Å²) in [6.45, 7) is 0.336. The van der Waals surface area contributed by atoms with Gasteiger partial charge >= 0.3 is 0 Å². The largest absolute Gasteiger partial charge is 0.497 e. The molecule has 3 rings (SSSR count). The Balaban J connectivity index is 1.79. The average molecular weight is 420 g/mol. The van der Waals surface area contributed by atoms with Crippen LogP contribution < -0.4 is 4.74 Å². The van der Waals surface area contributed by atoms with Gasteiger partial charge in [0.05, 0.1) is 18.6 Å². The average Bonchev–Trinajstić information content (AvgIpc) is 3.05. The molecule has 1 atom stereocenters. The minimum Gasteiger partial charge on any atom is -0.497 e. The first-order chi connectivity index (χ1) is 13.4. The smallest absolute Gasteiger partial charge is 0.247 e. The number of carbonyl (C=O) groups is 1. The highest BCUT2D eigenvalue weighted by atomic mass is 35.5. The fourth-order valence-electron chi connectivity index (χ4n) is 3.17. The van der Waals surface area contributed by atoms with E-state index in [-0.39, 0.29) is 23.5 Å². The summed E-state index contributed by atoms with van der Waals surface area (Å²) in [6, 6.07) is 14.2. The Hall–Kier alpha value is -2.31. The predicted octanol–water partition coefficient (Wildman–Crippen LogP) is 3.58. The molecule has 148 valence electrons. The van der Waals surface area contributed by atoms with Gasteiger partial charge in [0, 0.05) is 23.7 Å². The molecule has 1 aliphatic rings. The van der Waals surface area contributed by atoms with Crippen molar-refractivity contribution in [2.75, 3.05) is 18.6 Å². The Bertz CT molecular complexity index is 953. The number of sulfone groups is 1. The normalized spacial score (nSPS) is 18.3. The Morgan fingerprint density at radius 3 is 2.43 bits per heavy atom. The molecule has 1 heterocycles. The monoisotopic (exact) mass is 419 g/mol. The van der Waals surface area contributed by atoms with E-state index in [1.165, 1.54) is 6.08 Å². The van der Waals surface area contributed by atoms with Gasteiger partial charge in [0.2, 0.25) is 5.91 Å². The lowest BCUT2D eigenvalue weighted by Gasteiger charge is -2.27. The molecular formula is C21H22ClNO4S. The van der Waals surface area contributed by atoms with Gasteiger partial charge in [0.15, 0.2) is 9.84 Å². The van der Waals surface area contributed by atoms with Crippen LogP contribution in [0, 0.1) is 0 Å². The van der Waals surface area contributed by atoms with Crippen molar-refractivity contribution >= 4 is 33.4 Å². The molecule has 1 aliphatic heterocycles. The second-order valence-corrected chi connectivity index (χ2v) is 9.42. The number of carbonyl (C=O) groups excluding carboxylic acids is 1. The number of hydrogen-bond donors (Lipinski definition) is 0. The predicted molar refractivity (Wildman–Crippen MR) is 111 cm³/mol. The maximum atomic E-state index is 12.9.